The molecule has 0 aliphatic heterocycles. The van der Waals surface area contributed by atoms with Crippen molar-refractivity contribution in [1.82, 2.24) is 4.98 Å². The fourth-order valence-corrected chi connectivity index (χ4v) is 2.35. The molecule has 1 aromatic rings. The lowest BCUT2D eigenvalue weighted by Gasteiger charge is -2.28. The average molecular weight is 205 g/mol. The first-order valence-corrected chi connectivity index (χ1v) is 6.24. The van der Waals surface area contributed by atoms with Crippen LogP contribution in [0.2, 0.25) is 0 Å². The Morgan fingerprint density at radius 2 is 2.07 bits per heavy atom. The molecule has 1 heteroatoms. The molecule has 0 saturated heterocycles. The normalized spacial score (nSPS) is 23.7. The van der Waals surface area contributed by atoms with E-state index in [0.717, 1.165) is 11.8 Å². The van der Waals surface area contributed by atoms with Gasteiger partial charge in [0.2, 0.25) is 0 Å². The van der Waals surface area contributed by atoms with Crippen molar-refractivity contribution >= 4 is 0 Å². The maximum absolute atomic E-state index is 4.45. The second-order valence-corrected chi connectivity index (χ2v) is 4.16. The van der Waals surface area contributed by atoms with Gasteiger partial charge >= 0.3 is 0 Å². The number of aromatic nitrogens is 1. The molecule has 0 N–H and O–H groups in total. The minimum absolute atomic E-state index is 0.835. The first-order chi connectivity index (χ1) is 7.31. The first-order valence-electron chi connectivity index (χ1n) is 6.24. The van der Waals surface area contributed by atoms with E-state index in [4.69, 9.17) is 0 Å². The predicted molar refractivity (Wildman–Crippen MR) is 65.9 cm³/mol. The molecule has 84 valence electrons. The van der Waals surface area contributed by atoms with Gasteiger partial charge in [0.25, 0.3) is 0 Å². The molecule has 0 saturated carbocycles. The quantitative estimate of drug-likeness (QED) is 0.678. The van der Waals surface area contributed by atoms with Gasteiger partial charge in [-0.05, 0) is 36.3 Å². The van der Waals surface area contributed by atoms with E-state index in [2.05, 4.69) is 31.0 Å². The van der Waals surface area contributed by atoms with Gasteiger partial charge in [-0.15, -0.1) is 0 Å². The van der Waals surface area contributed by atoms with E-state index in [0.29, 0.717) is 0 Å². The van der Waals surface area contributed by atoms with Crippen LogP contribution in [0.5, 0.6) is 0 Å². The number of hydrogen-bond acceptors (Lipinski definition) is 1. The first kappa shape index (κ1) is 12.2. The highest BCUT2D eigenvalue weighted by molar-refractivity contribution is 5.23. The van der Waals surface area contributed by atoms with Gasteiger partial charge in [0.05, 0.1) is 0 Å². The third-order valence-corrected chi connectivity index (χ3v) is 3.31. The zero-order chi connectivity index (χ0) is 11.3. The van der Waals surface area contributed by atoms with Crippen molar-refractivity contribution < 1.29 is 0 Å². The lowest BCUT2D eigenvalue weighted by Crippen LogP contribution is -2.23. The maximum Gasteiger partial charge on any atom is 0.0438 e. The van der Waals surface area contributed by atoms with Crippen molar-refractivity contribution in [3.05, 3.63) is 29.6 Å². The van der Waals surface area contributed by atoms with Gasteiger partial charge in [0.15, 0.2) is 0 Å². The molecule has 1 heterocycles. The molecule has 2 unspecified atom stereocenters. The predicted octanol–water partition coefficient (Wildman–Crippen LogP) is 3.87. The van der Waals surface area contributed by atoms with Crippen LogP contribution in [0, 0.1) is 11.8 Å². The zero-order valence-electron chi connectivity index (χ0n) is 10.5. The standard InChI is InChI=1S/C12H17N.C2H6/c1-3-10-8-12-11(7-9(10)2)5-4-6-13-12;1-2/h4-6,9-10H,3,7-8H2,1-2H3;1-2H3. The molecule has 1 aromatic heterocycles. The summed E-state index contributed by atoms with van der Waals surface area (Å²) >= 11 is 0. The smallest absolute Gasteiger partial charge is 0.0438 e. The van der Waals surface area contributed by atoms with E-state index in [1.165, 1.54) is 30.5 Å². The molecule has 0 bridgehead atoms. The van der Waals surface area contributed by atoms with Crippen molar-refractivity contribution in [2.45, 2.75) is 47.0 Å². The van der Waals surface area contributed by atoms with Crippen molar-refractivity contribution in [2.24, 2.45) is 11.8 Å². The van der Waals surface area contributed by atoms with Crippen LogP contribution in [-0.4, -0.2) is 4.98 Å². The molecular weight excluding hydrogens is 182 g/mol. The zero-order valence-corrected chi connectivity index (χ0v) is 10.5. The number of hydrogen-bond donors (Lipinski definition) is 0. The second kappa shape index (κ2) is 5.89. The fraction of sp³-hybridized carbons (Fsp3) is 0.643. The second-order valence-electron chi connectivity index (χ2n) is 4.16. The minimum atomic E-state index is 0.835. The van der Waals surface area contributed by atoms with Crippen LogP contribution in [0.1, 0.15) is 45.4 Å². The van der Waals surface area contributed by atoms with Crippen LogP contribution in [0.15, 0.2) is 18.3 Å². The highest BCUT2D eigenvalue weighted by atomic mass is 14.7. The van der Waals surface area contributed by atoms with Gasteiger partial charge < -0.3 is 0 Å². The minimum Gasteiger partial charge on any atom is -0.261 e. The van der Waals surface area contributed by atoms with E-state index < -0.39 is 0 Å². The molecular formula is C14H23N. The molecule has 2 rings (SSSR count). The maximum atomic E-state index is 4.45. The largest absolute Gasteiger partial charge is 0.261 e. The Morgan fingerprint density at radius 3 is 2.73 bits per heavy atom. The summed E-state index contributed by atoms with van der Waals surface area (Å²) in [6, 6.07) is 4.28. The highest BCUT2D eigenvalue weighted by Gasteiger charge is 2.24. The number of pyridine rings is 1. The van der Waals surface area contributed by atoms with Crippen molar-refractivity contribution in [3.63, 3.8) is 0 Å². The lowest BCUT2D eigenvalue weighted by molar-refractivity contribution is 0.319. The number of fused-ring (bicyclic) bond motifs is 1. The van der Waals surface area contributed by atoms with Crippen LogP contribution >= 0.6 is 0 Å². The van der Waals surface area contributed by atoms with Crippen LogP contribution in [-0.2, 0) is 12.8 Å². The Morgan fingerprint density at radius 1 is 1.33 bits per heavy atom. The summed E-state index contributed by atoms with van der Waals surface area (Å²) in [5.41, 5.74) is 2.81. The number of nitrogens with zero attached hydrogens (tertiary/aromatic N) is 1. The molecule has 0 amide bonds. The van der Waals surface area contributed by atoms with Crippen LogP contribution in [0.25, 0.3) is 0 Å². The van der Waals surface area contributed by atoms with Gasteiger partial charge in [-0.1, -0.05) is 40.2 Å². The summed E-state index contributed by atoms with van der Waals surface area (Å²) in [5.74, 6) is 1.68. The summed E-state index contributed by atoms with van der Waals surface area (Å²) in [4.78, 5) is 4.45. The summed E-state index contributed by atoms with van der Waals surface area (Å²) < 4.78 is 0. The molecule has 1 aliphatic carbocycles. The van der Waals surface area contributed by atoms with Gasteiger partial charge in [-0.25, -0.2) is 0 Å². The van der Waals surface area contributed by atoms with Crippen molar-refractivity contribution in [2.75, 3.05) is 0 Å². The SMILES string of the molecule is CC.CCC1Cc2ncccc2CC1C. The van der Waals surface area contributed by atoms with Crippen LogP contribution < -0.4 is 0 Å². The van der Waals surface area contributed by atoms with Crippen LogP contribution in [0.3, 0.4) is 0 Å². The summed E-state index contributed by atoms with van der Waals surface area (Å²) in [7, 11) is 0. The van der Waals surface area contributed by atoms with E-state index in [1.807, 2.05) is 20.0 Å². The van der Waals surface area contributed by atoms with Gasteiger partial charge in [0, 0.05) is 11.9 Å². The molecule has 0 aromatic carbocycles. The Labute approximate surface area is 93.9 Å². The van der Waals surface area contributed by atoms with E-state index in [1.54, 1.807) is 0 Å². The molecule has 0 radical (unpaired) electrons. The molecule has 2 atom stereocenters. The topological polar surface area (TPSA) is 12.9 Å². The van der Waals surface area contributed by atoms with Crippen LogP contribution in [0.4, 0.5) is 0 Å². The highest BCUT2D eigenvalue weighted by Crippen LogP contribution is 2.30. The van der Waals surface area contributed by atoms with Crippen molar-refractivity contribution in [1.29, 1.82) is 0 Å². The Hall–Kier alpha value is -0.850. The fourth-order valence-electron chi connectivity index (χ4n) is 2.35. The van der Waals surface area contributed by atoms with E-state index in [9.17, 15) is 0 Å². The summed E-state index contributed by atoms with van der Waals surface area (Å²) in [6.07, 6.45) is 5.62. The van der Waals surface area contributed by atoms with Crippen molar-refractivity contribution in [3.8, 4) is 0 Å². The molecule has 0 fully saturated rings. The third kappa shape index (κ3) is 2.80. The third-order valence-electron chi connectivity index (χ3n) is 3.31. The lowest BCUT2D eigenvalue weighted by atomic mass is 9.77. The van der Waals surface area contributed by atoms with Gasteiger partial charge in [-0.2, -0.15) is 0 Å². The molecule has 0 spiro atoms. The van der Waals surface area contributed by atoms with Gasteiger partial charge in [0.1, 0.15) is 0 Å². The Balaban J connectivity index is 0.000000531. The van der Waals surface area contributed by atoms with E-state index in [-0.39, 0.29) is 0 Å². The summed E-state index contributed by atoms with van der Waals surface area (Å²) in [6.45, 7) is 8.65. The Kier molecular flexibility index (Phi) is 4.80. The molecule has 1 aliphatic rings. The average Bonchev–Trinajstić information content (AvgIpc) is 2.31. The Bertz CT molecular complexity index is 293. The molecule has 15 heavy (non-hydrogen) atoms. The summed E-state index contributed by atoms with van der Waals surface area (Å²) in [5, 5.41) is 0. The van der Waals surface area contributed by atoms with Gasteiger partial charge in [-0.3, -0.25) is 4.98 Å². The van der Waals surface area contributed by atoms with E-state index >= 15 is 0 Å². The molecule has 1 nitrogen and oxygen atoms in total. The number of rotatable bonds is 1. The monoisotopic (exact) mass is 205 g/mol.